The number of tetrazole rings is 1. The van der Waals surface area contributed by atoms with Crippen LogP contribution in [-0.4, -0.2) is 93.1 Å². The van der Waals surface area contributed by atoms with E-state index in [2.05, 4.69) is 80.2 Å². The molecule has 1 saturated heterocycles. The molecule has 11 nitrogen and oxygen atoms in total. The molecule has 0 spiro atoms. The van der Waals surface area contributed by atoms with E-state index in [4.69, 9.17) is 23.7 Å². The van der Waals surface area contributed by atoms with Gasteiger partial charge in [0.25, 0.3) is 0 Å². The van der Waals surface area contributed by atoms with Crippen LogP contribution in [0.5, 0.6) is 11.5 Å². The molecule has 2 aliphatic heterocycles. The van der Waals surface area contributed by atoms with Gasteiger partial charge in [0, 0.05) is 64.8 Å². The van der Waals surface area contributed by atoms with Crippen molar-refractivity contribution < 1.29 is 23.7 Å². The molecule has 0 saturated carbocycles. The van der Waals surface area contributed by atoms with Crippen LogP contribution in [0.4, 0.5) is 5.69 Å². The van der Waals surface area contributed by atoms with E-state index >= 15 is 0 Å². The van der Waals surface area contributed by atoms with Gasteiger partial charge in [-0.15, -0.1) is 10.2 Å². The SMILES string of the molecule is COCCCOc1ccc([C@H]2C[C@H](CC(C)c3nn[nH]n3)NC[C@@H]2OCc2ccc3c(c2)N(CCCOC)CCO3)cc1. The number of anilines is 1. The Bertz CT molecular complexity index is 1230. The summed E-state index contributed by atoms with van der Waals surface area (Å²) in [5, 5.41) is 18.5. The van der Waals surface area contributed by atoms with Gasteiger partial charge < -0.3 is 33.9 Å². The van der Waals surface area contributed by atoms with E-state index in [1.54, 1.807) is 14.2 Å². The number of hydrogen-bond acceptors (Lipinski definition) is 10. The molecule has 1 aromatic heterocycles. The van der Waals surface area contributed by atoms with E-state index in [1.165, 1.54) is 5.56 Å². The van der Waals surface area contributed by atoms with Gasteiger partial charge in [-0.25, -0.2) is 0 Å². The second-order valence-corrected chi connectivity index (χ2v) is 11.5. The Morgan fingerprint density at radius 3 is 2.67 bits per heavy atom. The van der Waals surface area contributed by atoms with Crippen LogP contribution in [0.2, 0.25) is 0 Å². The highest BCUT2D eigenvalue weighted by Crippen LogP contribution is 2.36. The van der Waals surface area contributed by atoms with Gasteiger partial charge in [0.2, 0.25) is 0 Å². The Labute approximate surface area is 254 Å². The van der Waals surface area contributed by atoms with Crippen molar-refractivity contribution in [2.45, 2.75) is 63.2 Å². The van der Waals surface area contributed by atoms with Crippen LogP contribution in [0, 0.1) is 0 Å². The molecule has 2 aliphatic rings. The first-order chi connectivity index (χ1) is 21.1. The molecular weight excluding hydrogens is 548 g/mol. The summed E-state index contributed by atoms with van der Waals surface area (Å²) in [7, 11) is 3.46. The largest absolute Gasteiger partial charge is 0.494 e. The number of nitrogens with one attached hydrogen (secondary N) is 2. The highest BCUT2D eigenvalue weighted by molar-refractivity contribution is 5.61. The smallest absolute Gasteiger partial charge is 0.177 e. The molecule has 3 aromatic rings. The van der Waals surface area contributed by atoms with Crippen LogP contribution in [0.15, 0.2) is 42.5 Å². The van der Waals surface area contributed by atoms with Gasteiger partial charge in [-0.1, -0.05) is 30.3 Å². The summed E-state index contributed by atoms with van der Waals surface area (Å²) in [6.07, 6.45) is 3.74. The van der Waals surface area contributed by atoms with Gasteiger partial charge in [0.15, 0.2) is 5.82 Å². The maximum absolute atomic E-state index is 6.68. The molecule has 11 heteroatoms. The third kappa shape index (κ3) is 8.66. The first-order valence-electron chi connectivity index (χ1n) is 15.4. The fourth-order valence-corrected chi connectivity index (χ4v) is 6.03. The lowest BCUT2D eigenvalue weighted by atomic mass is 9.81. The van der Waals surface area contributed by atoms with E-state index < -0.39 is 0 Å². The molecule has 3 heterocycles. The summed E-state index contributed by atoms with van der Waals surface area (Å²) in [4.78, 5) is 2.39. The lowest BCUT2D eigenvalue weighted by molar-refractivity contribution is 0.00180. The van der Waals surface area contributed by atoms with E-state index in [-0.39, 0.29) is 17.9 Å². The number of H-pyrrole nitrogens is 1. The van der Waals surface area contributed by atoms with Crippen LogP contribution < -0.4 is 19.7 Å². The fraction of sp³-hybridized carbons (Fsp3) is 0.594. The summed E-state index contributed by atoms with van der Waals surface area (Å²) in [6, 6.07) is 15.2. The van der Waals surface area contributed by atoms with Crippen LogP contribution in [-0.2, 0) is 20.8 Å². The number of ether oxygens (including phenoxy) is 5. The minimum absolute atomic E-state index is 0.0234. The summed E-state index contributed by atoms with van der Waals surface area (Å²) < 4.78 is 28.9. The van der Waals surface area contributed by atoms with E-state index in [9.17, 15) is 0 Å². The fourth-order valence-electron chi connectivity index (χ4n) is 6.03. The number of rotatable bonds is 16. The van der Waals surface area contributed by atoms with Crippen molar-refractivity contribution in [3.63, 3.8) is 0 Å². The highest BCUT2D eigenvalue weighted by Gasteiger charge is 2.33. The first-order valence-corrected chi connectivity index (χ1v) is 15.4. The number of methoxy groups -OCH3 is 2. The van der Waals surface area contributed by atoms with E-state index in [0.717, 1.165) is 80.5 Å². The van der Waals surface area contributed by atoms with Gasteiger partial charge in [0.1, 0.15) is 18.1 Å². The molecule has 2 N–H and O–H groups in total. The van der Waals surface area contributed by atoms with Crippen molar-refractivity contribution in [1.29, 1.82) is 0 Å². The number of nitrogens with zero attached hydrogens (tertiary/aromatic N) is 4. The Balaban J connectivity index is 1.26. The molecule has 0 bridgehead atoms. The summed E-state index contributed by atoms with van der Waals surface area (Å²) >= 11 is 0. The highest BCUT2D eigenvalue weighted by atomic mass is 16.5. The van der Waals surface area contributed by atoms with Crippen molar-refractivity contribution >= 4 is 5.69 Å². The molecule has 0 amide bonds. The third-order valence-electron chi connectivity index (χ3n) is 8.33. The topological polar surface area (TPSA) is 116 Å². The van der Waals surface area contributed by atoms with E-state index in [1.807, 2.05) is 0 Å². The molecule has 0 radical (unpaired) electrons. The molecule has 234 valence electrons. The van der Waals surface area contributed by atoms with Crippen molar-refractivity contribution in [2.75, 3.05) is 65.2 Å². The molecule has 5 rings (SSSR count). The van der Waals surface area contributed by atoms with Gasteiger partial charge >= 0.3 is 0 Å². The number of aromatic nitrogens is 4. The zero-order valence-electron chi connectivity index (χ0n) is 25.7. The van der Waals surface area contributed by atoms with Gasteiger partial charge in [-0.05, 0) is 54.7 Å². The minimum Gasteiger partial charge on any atom is -0.494 e. The van der Waals surface area contributed by atoms with Gasteiger partial charge in [-0.3, -0.25) is 0 Å². The second kappa shape index (κ2) is 16.0. The Hall–Kier alpha value is -3.25. The minimum atomic E-state index is 0.0234. The Morgan fingerprint density at radius 2 is 1.88 bits per heavy atom. The normalized spacial score (nSPS) is 20.8. The molecule has 0 aliphatic carbocycles. The van der Waals surface area contributed by atoms with Gasteiger partial charge in [0.05, 0.1) is 31.5 Å². The summed E-state index contributed by atoms with van der Waals surface area (Å²) in [5.74, 6) is 2.99. The monoisotopic (exact) mass is 594 g/mol. The lowest BCUT2D eigenvalue weighted by Gasteiger charge is -2.38. The number of hydrogen-bond donors (Lipinski definition) is 2. The zero-order valence-corrected chi connectivity index (χ0v) is 25.7. The van der Waals surface area contributed by atoms with E-state index in [0.29, 0.717) is 32.5 Å². The first kappa shape index (κ1) is 31.2. The third-order valence-corrected chi connectivity index (χ3v) is 8.33. The Kier molecular flexibility index (Phi) is 11.6. The zero-order chi connectivity index (χ0) is 29.9. The predicted octanol–water partition coefficient (Wildman–Crippen LogP) is 4.08. The average molecular weight is 595 g/mol. The number of aromatic amines is 1. The average Bonchev–Trinajstić information content (AvgIpc) is 3.59. The number of piperidine rings is 1. The van der Waals surface area contributed by atoms with Crippen molar-refractivity contribution in [3.8, 4) is 11.5 Å². The quantitative estimate of drug-likeness (QED) is 0.235. The van der Waals surface area contributed by atoms with Crippen molar-refractivity contribution in [2.24, 2.45) is 0 Å². The standard InChI is InChI=1S/C32H46N6O5/c1-23(32-34-36-37-35-32)18-26-20-28(25-7-9-27(10-8-25)41-16-5-15-40-3)31(21-33-26)43-22-24-6-11-30-29(19-24)38(13-17-42-30)12-4-14-39-2/h6-11,19,23,26,28,31,33H,4-5,12-18,20-22H2,1-3H3,(H,34,35,36,37)/t23?,26-,28+,31-/m0/s1. The number of benzene rings is 2. The maximum atomic E-state index is 6.68. The lowest BCUT2D eigenvalue weighted by Crippen LogP contribution is -2.47. The predicted molar refractivity (Wildman–Crippen MR) is 164 cm³/mol. The number of fused-ring (bicyclic) bond motifs is 1. The van der Waals surface area contributed by atoms with Crippen molar-refractivity contribution in [3.05, 3.63) is 59.4 Å². The molecular formula is C32H46N6O5. The van der Waals surface area contributed by atoms with Crippen LogP contribution in [0.25, 0.3) is 0 Å². The van der Waals surface area contributed by atoms with Crippen LogP contribution in [0.1, 0.15) is 61.4 Å². The summed E-state index contributed by atoms with van der Waals surface area (Å²) in [6.45, 7) is 8.06. The van der Waals surface area contributed by atoms with Crippen LogP contribution >= 0.6 is 0 Å². The molecule has 1 unspecified atom stereocenters. The molecule has 2 aromatic carbocycles. The second-order valence-electron chi connectivity index (χ2n) is 11.5. The van der Waals surface area contributed by atoms with Gasteiger partial charge in [-0.2, -0.15) is 5.21 Å². The maximum Gasteiger partial charge on any atom is 0.177 e. The summed E-state index contributed by atoms with van der Waals surface area (Å²) in [5.41, 5.74) is 3.54. The Morgan fingerprint density at radius 1 is 1.05 bits per heavy atom. The van der Waals surface area contributed by atoms with Crippen LogP contribution in [0.3, 0.4) is 0 Å². The van der Waals surface area contributed by atoms with Crippen molar-refractivity contribution in [1.82, 2.24) is 25.9 Å². The molecule has 43 heavy (non-hydrogen) atoms. The molecule has 1 fully saturated rings. The molecule has 4 atom stereocenters.